The van der Waals surface area contributed by atoms with Crippen LogP contribution in [0.5, 0.6) is 0 Å². The summed E-state index contributed by atoms with van der Waals surface area (Å²) in [5.41, 5.74) is 8.97. The normalized spacial score (nSPS) is 23.4. The topological polar surface area (TPSA) is 0 Å². The Hall–Kier alpha value is -2.08. The Labute approximate surface area is 177 Å². The number of unbranched alkanes of at least 4 members (excludes halogenated alkanes) is 3. The summed E-state index contributed by atoms with van der Waals surface area (Å²) in [6, 6.07) is 20.3. The summed E-state index contributed by atoms with van der Waals surface area (Å²) >= 11 is 0. The van der Waals surface area contributed by atoms with Crippen molar-refractivity contribution >= 4 is 11.1 Å². The summed E-state index contributed by atoms with van der Waals surface area (Å²) in [7, 11) is 0. The molecule has 1 saturated carbocycles. The van der Waals surface area contributed by atoms with E-state index in [1.165, 1.54) is 80.1 Å². The molecule has 4 rings (SSSR count). The van der Waals surface area contributed by atoms with Crippen LogP contribution in [0.2, 0.25) is 0 Å². The zero-order valence-corrected chi connectivity index (χ0v) is 18.3. The van der Waals surface area contributed by atoms with Crippen molar-refractivity contribution in [1.29, 1.82) is 0 Å². The van der Waals surface area contributed by atoms with Crippen LogP contribution in [0, 0.1) is 18.3 Å². The fourth-order valence-corrected chi connectivity index (χ4v) is 6.02. The van der Waals surface area contributed by atoms with E-state index in [0.29, 0.717) is 0 Å². The molecule has 0 radical (unpaired) electrons. The second-order valence-electron chi connectivity index (χ2n) is 9.26. The van der Waals surface area contributed by atoms with Gasteiger partial charge in [0.05, 0.1) is 0 Å². The molecule has 2 aliphatic rings. The van der Waals surface area contributed by atoms with Crippen LogP contribution in [0.1, 0.15) is 81.4 Å². The number of hydrogen-bond donors (Lipinski definition) is 0. The summed E-state index contributed by atoms with van der Waals surface area (Å²) < 4.78 is 0. The molecule has 0 bridgehead atoms. The average molecular weight is 385 g/mol. The smallest absolute Gasteiger partial charge is 0.0239 e. The molecule has 1 fully saturated rings. The van der Waals surface area contributed by atoms with Gasteiger partial charge >= 0.3 is 0 Å². The van der Waals surface area contributed by atoms with E-state index >= 15 is 0 Å². The van der Waals surface area contributed by atoms with Gasteiger partial charge in [0.15, 0.2) is 0 Å². The molecule has 0 aromatic heterocycles. The molecule has 29 heavy (non-hydrogen) atoms. The van der Waals surface area contributed by atoms with Crippen LogP contribution >= 0.6 is 0 Å². The first-order valence-electron chi connectivity index (χ1n) is 11.7. The van der Waals surface area contributed by atoms with Gasteiger partial charge in [0.1, 0.15) is 0 Å². The van der Waals surface area contributed by atoms with E-state index in [4.69, 9.17) is 6.58 Å². The van der Waals surface area contributed by atoms with Crippen molar-refractivity contribution < 1.29 is 0 Å². The lowest BCUT2D eigenvalue weighted by molar-refractivity contribution is 0.406. The Morgan fingerprint density at radius 1 is 1.00 bits per heavy atom. The van der Waals surface area contributed by atoms with E-state index in [0.717, 1.165) is 5.92 Å². The summed E-state index contributed by atoms with van der Waals surface area (Å²) in [5.74, 6) is 0.729. The van der Waals surface area contributed by atoms with Gasteiger partial charge in [-0.15, -0.1) is 0 Å². The molecule has 0 N–H and O–H groups in total. The van der Waals surface area contributed by atoms with Crippen molar-refractivity contribution in [2.45, 2.75) is 71.6 Å². The molecule has 0 nitrogen and oxygen atoms in total. The van der Waals surface area contributed by atoms with Gasteiger partial charge in [0, 0.05) is 5.41 Å². The van der Waals surface area contributed by atoms with Gasteiger partial charge in [0.2, 0.25) is 0 Å². The highest BCUT2D eigenvalue weighted by atomic mass is 14.6. The minimum Gasteiger partial charge on any atom is -0.0943 e. The molecular formula is C29H36. The molecule has 0 heteroatoms. The fraction of sp³-hybridized carbons (Fsp3) is 0.448. The summed E-state index contributed by atoms with van der Waals surface area (Å²) in [4.78, 5) is 0. The Kier molecular flexibility index (Phi) is 6.09. The molecular weight excluding hydrogens is 348 g/mol. The van der Waals surface area contributed by atoms with Gasteiger partial charge < -0.3 is 0 Å². The third-order valence-corrected chi connectivity index (χ3v) is 7.45. The molecule has 0 aliphatic heterocycles. The molecule has 2 atom stereocenters. The van der Waals surface area contributed by atoms with Gasteiger partial charge in [-0.2, -0.15) is 0 Å². The molecule has 0 saturated heterocycles. The molecule has 0 heterocycles. The minimum atomic E-state index is 0.136. The van der Waals surface area contributed by atoms with Crippen molar-refractivity contribution in [3.05, 3.63) is 83.4 Å². The summed E-state index contributed by atoms with van der Waals surface area (Å²) in [6.45, 7) is 9.23. The number of aryl methyl sites for hydroxylation is 1. The van der Waals surface area contributed by atoms with Crippen LogP contribution < -0.4 is 0 Å². The van der Waals surface area contributed by atoms with Gasteiger partial charge in [-0.05, 0) is 67.2 Å². The van der Waals surface area contributed by atoms with Gasteiger partial charge in [0.25, 0.3) is 0 Å². The third-order valence-electron chi connectivity index (χ3n) is 7.45. The predicted molar refractivity (Wildman–Crippen MR) is 127 cm³/mol. The molecule has 0 spiro atoms. The number of rotatable bonds is 8. The maximum atomic E-state index is 4.76. The molecule has 2 aromatic carbocycles. The average Bonchev–Trinajstić information content (AvgIpc) is 3.28. The van der Waals surface area contributed by atoms with Crippen LogP contribution in [0.3, 0.4) is 0 Å². The lowest BCUT2D eigenvalue weighted by Crippen LogP contribution is -2.24. The second kappa shape index (κ2) is 8.74. The van der Waals surface area contributed by atoms with Gasteiger partial charge in [-0.25, -0.2) is 0 Å². The van der Waals surface area contributed by atoms with Crippen LogP contribution in [-0.4, -0.2) is 0 Å². The summed E-state index contributed by atoms with van der Waals surface area (Å²) in [6.07, 6.45) is 11.8. The van der Waals surface area contributed by atoms with Gasteiger partial charge in [-0.1, -0.05) is 105 Å². The maximum Gasteiger partial charge on any atom is 0.0239 e. The van der Waals surface area contributed by atoms with Crippen LogP contribution in [0.4, 0.5) is 0 Å². The van der Waals surface area contributed by atoms with Crippen molar-refractivity contribution in [2.24, 2.45) is 11.3 Å². The molecule has 2 aliphatic carbocycles. The van der Waals surface area contributed by atoms with E-state index in [-0.39, 0.29) is 5.41 Å². The number of allylic oxidation sites excluding steroid dienone is 3. The number of fused-ring (bicyclic) bond motifs is 1. The van der Waals surface area contributed by atoms with Crippen LogP contribution in [0.25, 0.3) is 11.1 Å². The zero-order valence-electron chi connectivity index (χ0n) is 18.3. The van der Waals surface area contributed by atoms with Crippen molar-refractivity contribution in [3.8, 4) is 0 Å². The molecule has 152 valence electrons. The van der Waals surface area contributed by atoms with Crippen molar-refractivity contribution in [1.82, 2.24) is 0 Å². The quantitative estimate of drug-likeness (QED) is 0.399. The van der Waals surface area contributed by atoms with E-state index in [2.05, 4.69) is 68.4 Å². The lowest BCUT2D eigenvalue weighted by Gasteiger charge is -2.36. The molecule has 0 amide bonds. The van der Waals surface area contributed by atoms with E-state index in [9.17, 15) is 0 Å². The highest BCUT2D eigenvalue weighted by Crippen LogP contribution is 2.66. The van der Waals surface area contributed by atoms with E-state index < -0.39 is 0 Å². The van der Waals surface area contributed by atoms with Gasteiger partial charge in [-0.3, -0.25) is 0 Å². The van der Waals surface area contributed by atoms with Crippen molar-refractivity contribution in [3.63, 3.8) is 0 Å². The maximum absolute atomic E-state index is 4.76. The lowest BCUT2D eigenvalue weighted by atomic mass is 9.66. The Bertz CT molecular complexity index is 868. The SMILES string of the molecule is C=C(c1ccc(C)cc1)[C@@]12CCC[C@@H]1CC(CCCCCC)=C2c1ccccc1. The number of hydrogen-bond acceptors (Lipinski definition) is 0. The highest BCUT2D eigenvalue weighted by molar-refractivity contribution is 5.90. The predicted octanol–water partition coefficient (Wildman–Crippen LogP) is 8.62. The largest absolute Gasteiger partial charge is 0.0943 e. The minimum absolute atomic E-state index is 0.136. The van der Waals surface area contributed by atoms with Crippen molar-refractivity contribution in [2.75, 3.05) is 0 Å². The highest BCUT2D eigenvalue weighted by Gasteiger charge is 2.52. The zero-order chi connectivity index (χ0) is 20.3. The molecule has 0 unspecified atom stereocenters. The Balaban J connectivity index is 1.77. The first-order chi connectivity index (χ1) is 14.2. The molecule has 2 aromatic rings. The van der Waals surface area contributed by atoms with Crippen LogP contribution in [0.15, 0.2) is 66.7 Å². The van der Waals surface area contributed by atoms with E-state index in [1.54, 1.807) is 11.1 Å². The Morgan fingerprint density at radius 2 is 1.76 bits per heavy atom. The van der Waals surface area contributed by atoms with E-state index in [1.807, 2.05) is 0 Å². The van der Waals surface area contributed by atoms with Crippen LogP contribution in [-0.2, 0) is 0 Å². The first-order valence-corrected chi connectivity index (χ1v) is 11.7. The fourth-order valence-electron chi connectivity index (χ4n) is 6.02. The number of benzene rings is 2. The Morgan fingerprint density at radius 3 is 2.48 bits per heavy atom. The first kappa shape index (κ1) is 20.2. The standard InChI is InChI=1S/C29H36/c1-4-5-6-8-14-26-21-27-15-11-20-29(27,28(26)25-12-9-7-10-13-25)23(3)24-18-16-22(2)17-19-24/h7,9-10,12-13,16-19,27H,3-6,8,11,14-15,20-21H2,1-2H3/t27-,29+/m1/s1. The third kappa shape index (κ3) is 3.75. The monoisotopic (exact) mass is 384 g/mol. The summed E-state index contributed by atoms with van der Waals surface area (Å²) in [5, 5.41) is 0. The second-order valence-corrected chi connectivity index (χ2v) is 9.26.